The molecule has 0 spiro atoms. The quantitative estimate of drug-likeness (QED) is 0.672. The molecule has 15 heavy (non-hydrogen) atoms. The standard InChI is InChI=1S/C12H22N2O/c1-3-12(15)5-4-7-13-9-11-6-8-14(2)10-11/h6,8,10,12-13,15H,3-5,7,9H2,1-2H3. The van der Waals surface area contributed by atoms with Gasteiger partial charge in [-0.2, -0.15) is 0 Å². The lowest BCUT2D eigenvalue weighted by Crippen LogP contribution is -2.16. The summed E-state index contributed by atoms with van der Waals surface area (Å²) in [5.74, 6) is 0. The van der Waals surface area contributed by atoms with Gasteiger partial charge in [0, 0.05) is 26.0 Å². The molecular weight excluding hydrogens is 188 g/mol. The number of hydrogen-bond acceptors (Lipinski definition) is 2. The Morgan fingerprint density at radius 1 is 1.53 bits per heavy atom. The first-order valence-electron chi connectivity index (χ1n) is 5.72. The van der Waals surface area contributed by atoms with Gasteiger partial charge in [0.25, 0.3) is 0 Å². The number of aliphatic hydroxyl groups is 1. The highest BCUT2D eigenvalue weighted by Gasteiger charge is 1.99. The van der Waals surface area contributed by atoms with Crippen molar-refractivity contribution in [2.24, 2.45) is 7.05 Å². The number of aliphatic hydroxyl groups excluding tert-OH is 1. The first-order chi connectivity index (χ1) is 7.22. The highest BCUT2D eigenvalue weighted by molar-refractivity contribution is 5.09. The summed E-state index contributed by atoms with van der Waals surface area (Å²) in [6.45, 7) is 3.91. The number of aryl methyl sites for hydroxylation is 1. The van der Waals surface area contributed by atoms with Crippen molar-refractivity contribution in [3.8, 4) is 0 Å². The maximum atomic E-state index is 9.35. The summed E-state index contributed by atoms with van der Waals surface area (Å²) in [7, 11) is 2.03. The molecule has 0 aromatic carbocycles. The van der Waals surface area contributed by atoms with Crippen LogP contribution in [0.4, 0.5) is 0 Å². The largest absolute Gasteiger partial charge is 0.393 e. The van der Waals surface area contributed by atoms with E-state index in [0.717, 1.165) is 32.4 Å². The molecule has 1 aromatic rings. The van der Waals surface area contributed by atoms with Crippen LogP contribution in [-0.2, 0) is 13.6 Å². The minimum atomic E-state index is -0.122. The van der Waals surface area contributed by atoms with Crippen LogP contribution in [0.3, 0.4) is 0 Å². The van der Waals surface area contributed by atoms with E-state index in [1.807, 2.05) is 14.0 Å². The Morgan fingerprint density at radius 3 is 2.93 bits per heavy atom. The first kappa shape index (κ1) is 12.3. The van der Waals surface area contributed by atoms with E-state index in [2.05, 4.69) is 28.3 Å². The second-order valence-electron chi connectivity index (χ2n) is 4.07. The van der Waals surface area contributed by atoms with Gasteiger partial charge in [-0.3, -0.25) is 0 Å². The molecule has 1 atom stereocenters. The van der Waals surface area contributed by atoms with Crippen LogP contribution < -0.4 is 5.32 Å². The van der Waals surface area contributed by atoms with E-state index >= 15 is 0 Å². The van der Waals surface area contributed by atoms with Crippen LogP contribution in [-0.4, -0.2) is 22.3 Å². The maximum Gasteiger partial charge on any atom is 0.0538 e. The molecular formula is C12H22N2O. The average molecular weight is 210 g/mol. The Balaban J connectivity index is 2.02. The zero-order valence-electron chi connectivity index (χ0n) is 9.74. The second kappa shape index (κ2) is 6.64. The molecule has 0 amide bonds. The Hall–Kier alpha value is -0.800. The summed E-state index contributed by atoms with van der Waals surface area (Å²) >= 11 is 0. The summed E-state index contributed by atoms with van der Waals surface area (Å²) < 4.78 is 2.05. The smallest absolute Gasteiger partial charge is 0.0538 e. The molecule has 1 rings (SSSR count). The van der Waals surface area contributed by atoms with Crippen molar-refractivity contribution in [2.75, 3.05) is 6.54 Å². The van der Waals surface area contributed by atoms with Crippen molar-refractivity contribution in [3.05, 3.63) is 24.0 Å². The third kappa shape index (κ3) is 5.00. The summed E-state index contributed by atoms with van der Waals surface area (Å²) in [6.07, 6.45) is 6.86. The van der Waals surface area contributed by atoms with Crippen molar-refractivity contribution >= 4 is 0 Å². The number of nitrogens with zero attached hydrogens (tertiary/aromatic N) is 1. The second-order valence-corrected chi connectivity index (χ2v) is 4.07. The third-order valence-corrected chi connectivity index (χ3v) is 2.58. The summed E-state index contributed by atoms with van der Waals surface area (Å²) in [5, 5.41) is 12.7. The van der Waals surface area contributed by atoms with Gasteiger partial charge >= 0.3 is 0 Å². The van der Waals surface area contributed by atoms with Crippen LogP contribution in [0.25, 0.3) is 0 Å². The zero-order valence-corrected chi connectivity index (χ0v) is 9.74. The van der Waals surface area contributed by atoms with Crippen LogP contribution in [0.5, 0.6) is 0 Å². The topological polar surface area (TPSA) is 37.2 Å². The molecule has 3 nitrogen and oxygen atoms in total. The molecule has 1 unspecified atom stereocenters. The van der Waals surface area contributed by atoms with E-state index in [1.54, 1.807) is 0 Å². The zero-order chi connectivity index (χ0) is 11.1. The molecule has 0 aliphatic rings. The fourth-order valence-corrected chi connectivity index (χ4v) is 1.57. The van der Waals surface area contributed by atoms with Crippen LogP contribution in [0, 0.1) is 0 Å². The summed E-state index contributed by atoms with van der Waals surface area (Å²) in [5.41, 5.74) is 1.31. The third-order valence-electron chi connectivity index (χ3n) is 2.58. The SMILES string of the molecule is CCC(O)CCCNCc1ccn(C)c1. The van der Waals surface area contributed by atoms with E-state index in [4.69, 9.17) is 0 Å². The molecule has 3 heteroatoms. The van der Waals surface area contributed by atoms with Crippen molar-refractivity contribution in [3.63, 3.8) is 0 Å². The number of hydrogen-bond donors (Lipinski definition) is 2. The minimum Gasteiger partial charge on any atom is -0.393 e. The predicted molar refractivity (Wildman–Crippen MR) is 62.7 cm³/mol. The minimum absolute atomic E-state index is 0.122. The van der Waals surface area contributed by atoms with Crippen molar-refractivity contribution in [2.45, 2.75) is 38.8 Å². The monoisotopic (exact) mass is 210 g/mol. The Bertz CT molecular complexity index is 270. The fraction of sp³-hybridized carbons (Fsp3) is 0.667. The van der Waals surface area contributed by atoms with E-state index in [1.165, 1.54) is 5.56 Å². The fourth-order valence-electron chi connectivity index (χ4n) is 1.57. The van der Waals surface area contributed by atoms with Gasteiger partial charge in [0.05, 0.1) is 6.10 Å². The van der Waals surface area contributed by atoms with Crippen LogP contribution in [0.2, 0.25) is 0 Å². The highest BCUT2D eigenvalue weighted by Crippen LogP contribution is 2.01. The number of nitrogens with one attached hydrogen (secondary N) is 1. The Kier molecular flexibility index (Phi) is 5.43. The Morgan fingerprint density at radius 2 is 2.33 bits per heavy atom. The van der Waals surface area contributed by atoms with Crippen molar-refractivity contribution in [1.29, 1.82) is 0 Å². The lowest BCUT2D eigenvalue weighted by molar-refractivity contribution is 0.157. The average Bonchev–Trinajstić information content (AvgIpc) is 2.63. The maximum absolute atomic E-state index is 9.35. The van der Waals surface area contributed by atoms with Gasteiger partial charge in [0.2, 0.25) is 0 Å². The Labute approximate surface area is 92.1 Å². The van der Waals surface area contributed by atoms with Gasteiger partial charge in [-0.25, -0.2) is 0 Å². The van der Waals surface area contributed by atoms with Crippen LogP contribution in [0.15, 0.2) is 18.5 Å². The molecule has 0 saturated carbocycles. The summed E-state index contributed by atoms with van der Waals surface area (Å²) in [6, 6.07) is 2.12. The molecule has 1 aromatic heterocycles. The summed E-state index contributed by atoms with van der Waals surface area (Å²) in [4.78, 5) is 0. The lowest BCUT2D eigenvalue weighted by Gasteiger charge is -2.07. The molecule has 0 aliphatic carbocycles. The lowest BCUT2D eigenvalue weighted by atomic mass is 10.1. The van der Waals surface area contributed by atoms with Crippen LogP contribution >= 0.6 is 0 Å². The molecule has 0 saturated heterocycles. The molecule has 2 N–H and O–H groups in total. The predicted octanol–water partition coefficient (Wildman–Crippen LogP) is 1.67. The molecule has 0 aliphatic heterocycles. The number of aromatic nitrogens is 1. The van der Waals surface area contributed by atoms with Gasteiger partial charge in [-0.1, -0.05) is 6.92 Å². The van der Waals surface area contributed by atoms with Gasteiger partial charge in [-0.05, 0) is 37.4 Å². The van der Waals surface area contributed by atoms with Gasteiger partial charge in [0.15, 0.2) is 0 Å². The van der Waals surface area contributed by atoms with E-state index in [9.17, 15) is 5.11 Å². The number of rotatable bonds is 7. The molecule has 0 fully saturated rings. The normalized spacial score (nSPS) is 13.0. The highest BCUT2D eigenvalue weighted by atomic mass is 16.3. The first-order valence-corrected chi connectivity index (χ1v) is 5.72. The van der Waals surface area contributed by atoms with E-state index < -0.39 is 0 Å². The van der Waals surface area contributed by atoms with Crippen molar-refractivity contribution in [1.82, 2.24) is 9.88 Å². The van der Waals surface area contributed by atoms with Gasteiger partial charge in [-0.15, -0.1) is 0 Å². The molecule has 0 radical (unpaired) electrons. The van der Waals surface area contributed by atoms with Crippen molar-refractivity contribution < 1.29 is 5.11 Å². The van der Waals surface area contributed by atoms with E-state index in [-0.39, 0.29) is 6.10 Å². The van der Waals surface area contributed by atoms with E-state index in [0.29, 0.717) is 0 Å². The molecule has 1 heterocycles. The molecule has 0 bridgehead atoms. The van der Waals surface area contributed by atoms with Gasteiger partial charge < -0.3 is 15.0 Å². The van der Waals surface area contributed by atoms with Crippen LogP contribution in [0.1, 0.15) is 31.7 Å². The van der Waals surface area contributed by atoms with Gasteiger partial charge in [0.1, 0.15) is 0 Å². The molecule has 86 valence electrons.